The minimum absolute atomic E-state index is 0.0768. The molecule has 0 spiro atoms. The molecule has 0 aromatic rings. The number of urea groups is 1. The summed E-state index contributed by atoms with van der Waals surface area (Å²) < 4.78 is 0. The molecule has 0 saturated heterocycles. The average molecular weight is 262 g/mol. The third-order valence-corrected chi connectivity index (χ3v) is 3.36. The quantitative estimate of drug-likeness (QED) is 0.650. The number of carbonyl (C=O) groups is 2. The molecule has 0 aliphatic rings. The molecule has 17 heavy (non-hydrogen) atoms. The Hall–Kier alpha value is -0.910. The monoisotopic (exact) mass is 262 g/mol. The van der Waals surface area contributed by atoms with Gasteiger partial charge in [0.15, 0.2) is 0 Å². The van der Waals surface area contributed by atoms with Gasteiger partial charge in [0, 0.05) is 18.3 Å². The number of nitrogens with one attached hydrogen (secondary N) is 2. The Kier molecular flexibility index (Phi) is 7.03. The summed E-state index contributed by atoms with van der Waals surface area (Å²) in [5.41, 5.74) is -0.946. The predicted octanol–water partition coefficient (Wildman–Crippen LogP) is 1.54. The molecule has 0 heterocycles. The van der Waals surface area contributed by atoms with Crippen LogP contribution in [0.1, 0.15) is 27.7 Å². The Balaban J connectivity index is 3.91. The van der Waals surface area contributed by atoms with E-state index in [0.717, 1.165) is 11.5 Å². The smallest absolute Gasteiger partial charge is 0.315 e. The number of rotatable bonds is 7. The molecule has 0 aliphatic heterocycles. The SMILES string of the molecule is CCSCC(C)NC(=O)NCC(C)(C)C(=O)O. The van der Waals surface area contributed by atoms with E-state index in [9.17, 15) is 9.59 Å². The highest BCUT2D eigenvalue weighted by atomic mass is 32.2. The fraction of sp³-hybridized carbons (Fsp3) is 0.818. The van der Waals surface area contributed by atoms with E-state index in [4.69, 9.17) is 5.11 Å². The van der Waals surface area contributed by atoms with Crippen molar-refractivity contribution in [1.82, 2.24) is 10.6 Å². The lowest BCUT2D eigenvalue weighted by Crippen LogP contribution is -2.46. The van der Waals surface area contributed by atoms with Gasteiger partial charge in [0.05, 0.1) is 5.41 Å². The minimum atomic E-state index is -0.946. The molecule has 5 nitrogen and oxygen atoms in total. The van der Waals surface area contributed by atoms with E-state index in [1.165, 1.54) is 0 Å². The van der Waals surface area contributed by atoms with Crippen molar-refractivity contribution in [3.05, 3.63) is 0 Å². The van der Waals surface area contributed by atoms with Crippen molar-refractivity contribution < 1.29 is 14.7 Å². The lowest BCUT2D eigenvalue weighted by atomic mass is 9.94. The van der Waals surface area contributed by atoms with Crippen molar-refractivity contribution in [2.75, 3.05) is 18.1 Å². The number of thioether (sulfide) groups is 1. The summed E-state index contributed by atoms with van der Waals surface area (Å²) in [5, 5.41) is 14.2. The molecular weight excluding hydrogens is 240 g/mol. The highest BCUT2D eigenvalue weighted by molar-refractivity contribution is 7.99. The zero-order valence-corrected chi connectivity index (χ0v) is 11.7. The Morgan fingerprint density at radius 3 is 2.47 bits per heavy atom. The van der Waals surface area contributed by atoms with Crippen LogP contribution >= 0.6 is 11.8 Å². The highest BCUT2D eigenvalue weighted by Gasteiger charge is 2.27. The highest BCUT2D eigenvalue weighted by Crippen LogP contribution is 2.12. The standard InChI is InChI=1S/C11H22N2O3S/c1-5-17-6-8(2)13-10(16)12-7-11(3,4)9(14)15/h8H,5-7H2,1-4H3,(H,14,15)(H2,12,13,16). The molecule has 100 valence electrons. The van der Waals surface area contributed by atoms with Crippen LogP contribution in [0.5, 0.6) is 0 Å². The molecule has 1 unspecified atom stereocenters. The molecule has 2 amide bonds. The van der Waals surface area contributed by atoms with Gasteiger partial charge in [0.1, 0.15) is 0 Å². The van der Waals surface area contributed by atoms with Crippen molar-refractivity contribution in [3.8, 4) is 0 Å². The molecule has 0 fully saturated rings. The summed E-state index contributed by atoms with van der Waals surface area (Å²) in [4.78, 5) is 22.3. The number of amides is 2. The second kappa shape index (κ2) is 7.42. The van der Waals surface area contributed by atoms with Crippen LogP contribution in [0.2, 0.25) is 0 Å². The second-order valence-corrected chi connectivity index (χ2v) is 5.90. The Morgan fingerprint density at radius 2 is 2.00 bits per heavy atom. The normalized spacial score (nSPS) is 12.9. The first-order chi connectivity index (χ1) is 7.79. The van der Waals surface area contributed by atoms with Gasteiger partial charge < -0.3 is 15.7 Å². The van der Waals surface area contributed by atoms with Crippen molar-refractivity contribution in [2.45, 2.75) is 33.7 Å². The van der Waals surface area contributed by atoms with Crippen molar-refractivity contribution in [3.63, 3.8) is 0 Å². The Labute approximate surface area is 107 Å². The van der Waals surface area contributed by atoms with E-state index in [0.29, 0.717) is 0 Å². The van der Waals surface area contributed by atoms with Gasteiger partial charge in [-0.25, -0.2) is 4.79 Å². The molecule has 0 bridgehead atoms. The molecule has 1 atom stereocenters. The van der Waals surface area contributed by atoms with Crippen LogP contribution in [0.15, 0.2) is 0 Å². The first kappa shape index (κ1) is 16.1. The third-order valence-electron chi connectivity index (χ3n) is 2.22. The van der Waals surface area contributed by atoms with Crippen LogP contribution < -0.4 is 10.6 Å². The minimum Gasteiger partial charge on any atom is -0.481 e. The second-order valence-electron chi connectivity index (χ2n) is 4.58. The summed E-state index contributed by atoms with van der Waals surface area (Å²) in [6, 6.07) is -0.239. The van der Waals surface area contributed by atoms with Crippen LogP contribution in [0.25, 0.3) is 0 Å². The molecule has 0 radical (unpaired) electrons. The summed E-state index contributed by atoms with van der Waals surface area (Å²) in [5.74, 6) is 0.943. The van der Waals surface area contributed by atoms with E-state index in [1.807, 2.05) is 6.92 Å². The molecular formula is C11H22N2O3S. The largest absolute Gasteiger partial charge is 0.481 e. The third kappa shape index (κ3) is 7.10. The van der Waals surface area contributed by atoms with Crippen molar-refractivity contribution in [2.24, 2.45) is 5.41 Å². The topological polar surface area (TPSA) is 78.4 Å². The summed E-state index contributed by atoms with van der Waals surface area (Å²) >= 11 is 1.75. The van der Waals surface area contributed by atoms with E-state index < -0.39 is 11.4 Å². The van der Waals surface area contributed by atoms with Gasteiger partial charge in [-0.2, -0.15) is 11.8 Å². The number of carboxylic acids is 1. The van der Waals surface area contributed by atoms with Crippen LogP contribution in [0.3, 0.4) is 0 Å². The van der Waals surface area contributed by atoms with Crippen molar-refractivity contribution in [1.29, 1.82) is 0 Å². The fourth-order valence-electron chi connectivity index (χ4n) is 0.988. The van der Waals surface area contributed by atoms with Crippen LogP contribution in [-0.2, 0) is 4.79 Å². The lowest BCUT2D eigenvalue weighted by Gasteiger charge is -2.21. The summed E-state index contributed by atoms with van der Waals surface area (Å²) in [7, 11) is 0. The number of aliphatic carboxylic acids is 1. The first-order valence-corrected chi connectivity index (χ1v) is 6.80. The van der Waals surface area contributed by atoms with Crippen LogP contribution in [-0.4, -0.2) is 41.2 Å². The maximum absolute atomic E-state index is 11.5. The number of hydrogen-bond donors (Lipinski definition) is 3. The van der Waals surface area contributed by atoms with E-state index in [2.05, 4.69) is 17.6 Å². The zero-order chi connectivity index (χ0) is 13.5. The molecule has 0 saturated carbocycles. The summed E-state index contributed by atoms with van der Waals surface area (Å²) in [6.07, 6.45) is 0. The van der Waals surface area contributed by atoms with E-state index in [-0.39, 0.29) is 18.6 Å². The number of carbonyl (C=O) groups excluding carboxylic acids is 1. The fourth-order valence-corrected chi connectivity index (χ4v) is 1.66. The average Bonchev–Trinajstić information content (AvgIpc) is 2.23. The van der Waals surface area contributed by atoms with Gasteiger partial charge >= 0.3 is 12.0 Å². The van der Waals surface area contributed by atoms with Gasteiger partial charge in [-0.15, -0.1) is 0 Å². The van der Waals surface area contributed by atoms with Crippen LogP contribution in [0.4, 0.5) is 4.79 Å². The first-order valence-electron chi connectivity index (χ1n) is 5.65. The van der Waals surface area contributed by atoms with Crippen molar-refractivity contribution >= 4 is 23.8 Å². The van der Waals surface area contributed by atoms with Crippen LogP contribution in [0, 0.1) is 5.41 Å². The number of carboxylic acid groups (broad SMARTS) is 1. The number of hydrogen-bond acceptors (Lipinski definition) is 3. The Bertz CT molecular complexity index is 269. The maximum Gasteiger partial charge on any atom is 0.315 e. The Morgan fingerprint density at radius 1 is 1.41 bits per heavy atom. The molecule has 0 aliphatic carbocycles. The lowest BCUT2D eigenvalue weighted by molar-refractivity contribution is -0.146. The van der Waals surface area contributed by atoms with E-state index in [1.54, 1.807) is 25.6 Å². The molecule has 0 aromatic carbocycles. The zero-order valence-electron chi connectivity index (χ0n) is 10.9. The van der Waals surface area contributed by atoms with Gasteiger partial charge in [-0.3, -0.25) is 4.79 Å². The molecule has 3 N–H and O–H groups in total. The van der Waals surface area contributed by atoms with E-state index >= 15 is 0 Å². The molecule has 0 aromatic heterocycles. The molecule has 6 heteroatoms. The van der Waals surface area contributed by atoms with Gasteiger partial charge in [0.25, 0.3) is 0 Å². The maximum atomic E-state index is 11.5. The van der Waals surface area contributed by atoms with Gasteiger partial charge in [-0.1, -0.05) is 6.92 Å². The molecule has 0 rings (SSSR count). The predicted molar refractivity (Wildman–Crippen MR) is 70.4 cm³/mol. The van der Waals surface area contributed by atoms with Gasteiger partial charge in [0.2, 0.25) is 0 Å². The van der Waals surface area contributed by atoms with Gasteiger partial charge in [-0.05, 0) is 26.5 Å². The summed E-state index contributed by atoms with van der Waals surface area (Å²) in [6.45, 7) is 7.25.